The van der Waals surface area contributed by atoms with E-state index in [4.69, 9.17) is 37.4 Å². The van der Waals surface area contributed by atoms with E-state index in [1.165, 1.54) is 32.4 Å². The van der Waals surface area contributed by atoms with Crippen molar-refractivity contribution in [2.24, 2.45) is 10.9 Å². The van der Waals surface area contributed by atoms with Crippen LogP contribution >= 0.6 is 23.2 Å². The number of hydrogen-bond acceptors (Lipinski definition) is 6. The molecule has 2 aromatic rings. The van der Waals surface area contributed by atoms with Crippen molar-refractivity contribution in [3.8, 4) is 11.5 Å². The molecule has 0 amide bonds. The number of nitrogens with zero attached hydrogens (tertiary/aromatic N) is 1. The lowest BCUT2D eigenvalue weighted by molar-refractivity contribution is 0.291. The van der Waals surface area contributed by atoms with Crippen LogP contribution < -0.4 is 14.2 Å². The Morgan fingerprint density at radius 2 is 1.80 bits per heavy atom. The second kappa shape index (κ2) is 8.91. The van der Waals surface area contributed by atoms with Gasteiger partial charge in [-0.25, -0.2) is 13.4 Å². The second-order valence-electron chi connectivity index (χ2n) is 6.99. The Morgan fingerprint density at radius 1 is 1.13 bits per heavy atom. The number of hydrogen-bond donors (Lipinski definition) is 1. The van der Waals surface area contributed by atoms with Crippen LogP contribution in [-0.4, -0.2) is 41.2 Å². The molecule has 30 heavy (non-hydrogen) atoms. The summed E-state index contributed by atoms with van der Waals surface area (Å²) in [6, 6.07) is 7.38. The Balaban J connectivity index is 2.13. The maximum atomic E-state index is 13.1. The fourth-order valence-electron chi connectivity index (χ4n) is 2.96. The number of benzene rings is 2. The molecule has 0 saturated heterocycles. The fourth-order valence-corrected chi connectivity index (χ4v) is 4.77. The fraction of sp³-hybridized carbons (Fsp3) is 0.350. The molecule has 0 aliphatic carbocycles. The first-order valence-corrected chi connectivity index (χ1v) is 11.3. The summed E-state index contributed by atoms with van der Waals surface area (Å²) < 4.78 is 45.3. The van der Waals surface area contributed by atoms with Gasteiger partial charge in [-0.1, -0.05) is 37.0 Å². The predicted molar refractivity (Wildman–Crippen MR) is 118 cm³/mol. The van der Waals surface area contributed by atoms with Crippen molar-refractivity contribution >= 4 is 44.8 Å². The van der Waals surface area contributed by atoms with Crippen molar-refractivity contribution in [2.75, 3.05) is 25.5 Å². The molecule has 7 nitrogen and oxygen atoms in total. The Kier molecular flexibility index (Phi) is 6.69. The van der Waals surface area contributed by atoms with Crippen molar-refractivity contribution in [3.63, 3.8) is 0 Å². The minimum absolute atomic E-state index is 0.0238. The van der Waals surface area contributed by atoms with Gasteiger partial charge in [0.2, 0.25) is 5.90 Å². The number of halogens is 2. The van der Waals surface area contributed by atoms with Gasteiger partial charge in [-0.05, 0) is 36.2 Å². The number of rotatable bonds is 7. The standard InChI is InChI=1S/C20H22Cl2N2O5S/c1-11(2)16-10-29-20(23-16)15-5-6-17(27-3)19(28-4)18(15)24-30(25,26)14-8-12(21)7-13(22)9-14/h5-9,11,16,24H,10H2,1-4H3/t16-/m0/s1. The molecule has 0 aromatic heterocycles. The van der Waals surface area contributed by atoms with Crippen LogP contribution in [0.5, 0.6) is 11.5 Å². The van der Waals surface area contributed by atoms with E-state index in [9.17, 15) is 8.42 Å². The van der Waals surface area contributed by atoms with Gasteiger partial charge in [-0.3, -0.25) is 4.72 Å². The lowest BCUT2D eigenvalue weighted by Gasteiger charge is -2.18. The zero-order valence-electron chi connectivity index (χ0n) is 16.9. The molecule has 0 unspecified atom stereocenters. The third-order valence-corrected chi connectivity index (χ3v) is 6.37. The van der Waals surface area contributed by atoms with Gasteiger partial charge in [0.1, 0.15) is 12.3 Å². The highest BCUT2D eigenvalue weighted by Gasteiger charge is 2.29. The van der Waals surface area contributed by atoms with Gasteiger partial charge >= 0.3 is 0 Å². The Morgan fingerprint density at radius 3 is 2.33 bits per heavy atom. The van der Waals surface area contributed by atoms with Crippen LogP contribution in [0.25, 0.3) is 0 Å². The second-order valence-corrected chi connectivity index (χ2v) is 9.55. The van der Waals surface area contributed by atoms with E-state index in [1.54, 1.807) is 12.1 Å². The van der Waals surface area contributed by atoms with Gasteiger partial charge in [-0.2, -0.15) is 0 Å². The molecule has 0 saturated carbocycles. The topological polar surface area (TPSA) is 86.2 Å². The first-order chi connectivity index (χ1) is 14.2. The Hall–Kier alpha value is -2.16. The zero-order chi connectivity index (χ0) is 22.1. The number of ether oxygens (including phenoxy) is 3. The summed E-state index contributed by atoms with van der Waals surface area (Å²) in [7, 11) is -1.18. The molecule has 1 N–H and O–H groups in total. The van der Waals surface area contributed by atoms with E-state index in [0.717, 1.165) is 0 Å². The highest BCUT2D eigenvalue weighted by atomic mass is 35.5. The third-order valence-electron chi connectivity index (χ3n) is 4.60. The van der Waals surface area contributed by atoms with Crippen LogP contribution in [0.4, 0.5) is 5.69 Å². The van der Waals surface area contributed by atoms with Crippen molar-refractivity contribution in [1.82, 2.24) is 0 Å². The zero-order valence-corrected chi connectivity index (χ0v) is 19.2. The molecule has 0 bridgehead atoms. The highest BCUT2D eigenvalue weighted by Crippen LogP contribution is 2.40. The molecule has 1 atom stereocenters. The lowest BCUT2D eigenvalue weighted by atomic mass is 10.1. The van der Waals surface area contributed by atoms with Gasteiger partial charge in [0.25, 0.3) is 10.0 Å². The van der Waals surface area contributed by atoms with Gasteiger partial charge < -0.3 is 14.2 Å². The van der Waals surface area contributed by atoms with E-state index < -0.39 is 10.0 Å². The van der Waals surface area contributed by atoms with Crippen molar-refractivity contribution in [3.05, 3.63) is 45.9 Å². The summed E-state index contributed by atoms with van der Waals surface area (Å²) in [6.07, 6.45) is 0. The van der Waals surface area contributed by atoms with Crippen molar-refractivity contribution in [2.45, 2.75) is 24.8 Å². The monoisotopic (exact) mass is 472 g/mol. The minimum atomic E-state index is -4.06. The number of methoxy groups -OCH3 is 2. The Bertz CT molecular complexity index is 1070. The van der Waals surface area contributed by atoms with Crippen molar-refractivity contribution in [1.29, 1.82) is 0 Å². The van der Waals surface area contributed by atoms with E-state index in [0.29, 0.717) is 23.8 Å². The van der Waals surface area contributed by atoms with Gasteiger partial charge in [0.15, 0.2) is 11.5 Å². The molecule has 1 aliphatic heterocycles. The first-order valence-electron chi connectivity index (χ1n) is 9.11. The first kappa shape index (κ1) is 22.5. The van der Waals surface area contributed by atoms with Gasteiger partial charge in [0, 0.05) is 10.0 Å². The number of aliphatic imine (C=N–C) groups is 1. The summed E-state index contributed by atoms with van der Waals surface area (Å²) in [4.78, 5) is 4.51. The molecule has 1 heterocycles. The molecule has 0 radical (unpaired) electrons. The van der Waals surface area contributed by atoms with Crippen LogP contribution in [-0.2, 0) is 14.8 Å². The van der Waals surface area contributed by atoms with Gasteiger partial charge in [0.05, 0.1) is 30.7 Å². The lowest BCUT2D eigenvalue weighted by Crippen LogP contribution is -2.17. The van der Waals surface area contributed by atoms with E-state index >= 15 is 0 Å². The number of anilines is 1. The molecule has 1 aliphatic rings. The van der Waals surface area contributed by atoms with Crippen LogP contribution in [0.1, 0.15) is 19.4 Å². The SMILES string of the molecule is COc1ccc(C2=N[C@H](C(C)C)CO2)c(NS(=O)(=O)c2cc(Cl)cc(Cl)c2)c1OC. The maximum Gasteiger partial charge on any atom is 0.262 e. The summed E-state index contributed by atoms with van der Waals surface area (Å²) in [5, 5.41) is 0.396. The van der Waals surface area contributed by atoms with Gasteiger partial charge in [-0.15, -0.1) is 0 Å². The normalized spacial score (nSPS) is 16.2. The predicted octanol–water partition coefficient (Wildman–Crippen LogP) is 4.61. The average molecular weight is 473 g/mol. The average Bonchev–Trinajstić information content (AvgIpc) is 3.16. The minimum Gasteiger partial charge on any atom is -0.493 e. The maximum absolute atomic E-state index is 13.1. The largest absolute Gasteiger partial charge is 0.493 e. The molecule has 10 heteroatoms. The van der Waals surface area contributed by atoms with E-state index in [2.05, 4.69) is 9.71 Å². The number of sulfonamides is 1. The number of nitrogens with one attached hydrogen (secondary N) is 1. The molecule has 162 valence electrons. The molecule has 0 spiro atoms. The molecule has 2 aromatic carbocycles. The molecule has 3 rings (SSSR count). The molecular weight excluding hydrogens is 451 g/mol. The summed E-state index contributed by atoms with van der Waals surface area (Å²) in [6.45, 7) is 4.50. The molecule has 0 fully saturated rings. The van der Waals surface area contributed by atoms with Crippen LogP contribution in [0.3, 0.4) is 0 Å². The van der Waals surface area contributed by atoms with Crippen LogP contribution in [0.2, 0.25) is 10.0 Å². The summed E-state index contributed by atoms with van der Waals surface area (Å²) in [5.41, 5.74) is 0.587. The summed E-state index contributed by atoms with van der Waals surface area (Å²) >= 11 is 12.0. The van der Waals surface area contributed by atoms with Crippen molar-refractivity contribution < 1.29 is 22.6 Å². The highest BCUT2D eigenvalue weighted by molar-refractivity contribution is 7.92. The third kappa shape index (κ3) is 4.61. The molecular formula is C20H22Cl2N2O5S. The summed E-state index contributed by atoms with van der Waals surface area (Å²) in [5.74, 6) is 1.15. The van der Waals surface area contributed by atoms with E-state index in [1.807, 2.05) is 13.8 Å². The van der Waals surface area contributed by atoms with Crippen LogP contribution in [0, 0.1) is 5.92 Å². The van der Waals surface area contributed by atoms with Crippen LogP contribution in [0.15, 0.2) is 40.2 Å². The quantitative estimate of drug-likeness (QED) is 0.635. The Labute approximate surface area is 186 Å². The smallest absolute Gasteiger partial charge is 0.262 e. The van der Waals surface area contributed by atoms with E-state index in [-0.39, 0.29) is 38.3 Å².